The molecule has 0 heterocycles. The first-order chi connectivity index (χ1) is 8.20. The van der Waals surface area contributed by atoms with Crippen molar-refractivity contribution in [3.8, 4) is 0 Å². The third-order valence-electron chi connectivity index (χ3n) is 2.98. The van der Waals surface area contributed by atoms with Crippen molar-refractivity contribution >= 4 is 15.9 Å². The van der Waals surface area contributed by atoms with Crippen LogP contribution in [0.15, 0.2) is 53.0 Å². The van der Waals surface area contributed by atoms with Crippen molar-refractivity contribution in [1.29, 1.82) is 0 Å². The van der Waals surface area contributed by atoms with E-state index >= 15 is 0 Å². The van der Waals surface area contributed by atoms with Crippen LogP contribution in [0.1, 0.15) is 29.7 Å². The summed E-state index contributed by atoms with van der Waals surface area (Å²) >= 11 is 3.43. The minimum Gasteiger partial charge on any atom is -0.320 e. The highest BCUT2D eigenvalue weighted by Gasteiger charge is 2.08. The van der Waals surface area contributed by atoms with Crippen molar-refractivity contribution in [1.82, 2.24) is 0 Å². The maximum absolute atomic E-state index is 6.24. The van der Waals surface area contributed by atoms with E-state index in [-0.39, 0.29) is 6.04 Å². The van der Waals surface area contributed by atoms with Gasteiger partial charge in [0.05, 0.1) is 6.04 Å². The van der Waals surface area contributed by atoms with E-state index in [2.05, 4.69) is 59.3 Å². The van der Waals surface area contributed by atoms with Gasteiger partial charge in [0.15, 0.2) is 0 Å². The molecule has 17 heavy (non-hydrogen) atoms. The van der Waals surface area contributed by atoms with E-state index in [9.17, 15) is 0 Å². The van der Waals surface area contributed by atoms with Crippen LogP contribution in [0, 0.1) is 0 Å². The topological polar surface area (TPSA) is 26.0 Å². The monoisotopic (exact) mass is 289 g/mol. The molecule has 2 aromatic carbocycles. The largest absolute Gasteiger partial charge is 0.320 e. The lowest BCUT2D eigenvalue weighted by Gasteiger charge is -2.13. The fourth-order valence-electron chi connectivity index (χ4n) is 1.82. The highest BCUT2D eigenvalue weighted by Crippen LogP contribution is 2.21. The summed E-state index contributed by atoms with van der Waals surface area (Å²) in [6.45, 7) is 2.16. The van der Waals surface area contributed by atoms with Gasteiger partial charge in [0.1, 0.15) is 0 Å². The number of aryl methyl sites for hydroxylation is 1. The lowest BCUT2D eigenvalue weighted by molar-refractivity contribution is 0.869. The van der Waals surface area contributed by atoms with E-state index < -0.39 is 0 Å². The lowest BCUT2D eigenvalue weighted by atomic mass is 9.98. The van der Waals surface area contributed by atoms with Crippen molar-refractivity contribution in [2.24, 2.45) is 5.73 Å². The molecule has 2 aromatic rings. The predicted octanol–water partition coefficient (Wildman–Crippen LogP) is 4.06. The molecule has 0 radical (unpaired) electrons. The van der Waals surface area contributed by atoms with Gasteiger partial charge in [-0.3, -0.25) is 0 Å². The van der Waals surface area contributed by atoms with E-state index in [0.29, 0.717) is 0 Å². The first-order valence-electron chi connectivity index (χ1n) is 5.80. The molecule has 2 heteroatoms. The molecule has 0 saturated carbocycles. The Bertz CT molecular complexity index is 473. The minimum atomic E-state index is -0.0472. The van der Waals surface area contributed by atoms with Gasteiger partial charge in [-0.15, -0.1) is 0 Å². The van der Waals surface area contributed by atoms with Gasteiger partial charge in [0.2, 0.25) is 0 Å². The summed E-state index contributed by atoms with van der Waals surface area (Å²) < 4.78 is 1.08. The smallest absolute Gasteiger partial charge is 0.0551 e. The average Bonchev–Trinajstić information content (AvgIpc) is 2.39. The van der Waals surface area contributed by atoms with Crippen molar-refractivity contribution in [2.45, 2.75) is 19.4 Å². The van der Waals surface area contributed by atoms with Gasteiger partial charge in [-0.25, -0.2) is 0 Å². The predicted molar refractivity (Wildman–Crippen MR) is 76.0 cm³/mol. The molecule has 2 N–H and O–H groups in total. The second-order valence-corrected chi connectivity index (χ2v) is 5.04. The van der Waals surface area contributed by atoms with E-state index in [0.717, 1.165) is 22.0 Å². The molecule has 0 amide bonds. The number of nitrogens with two attached hydrogens (primary N) is 1. The number of halogens is 1. The van der Waals surface area contributed by atoms with E-state index in [1.54, 1.807) is 0 Å². The van der Waals surface area contributed by atoms with Crippen LogP contribution in [0.2, 0.25) is 0 Å². The highest BCUT2D eigenvalue weighted by molar-refractivity contribution is 9.10. The maximum Gasteiger partial charge on any atom is 0.0551 e. The van der Waals surface area contributed by atoms with Crippen molar-refractivity contribution < 1.29 is 0 Å². The molecular weight excluding hydrogens is 274 g/mol. The third-order valence-corrected chi connectivity index (χ3v) is 3.50. The number of hydrogen-bond donors (Lipinski definition) is 1. The fraction of sp³-hybridized carbons (Fsp3) is 0.200. The molecule has 0 aliphatic rings. The zero-order valence-corrected chi connectivity index (χ0v) is 11.4. The van der Waals surface area contributed by atoms with Gasteiger partial charge in [0.25, 0.3) is 0 Å². The molecule has 2 rings (SSSR count). The Labute approximate surface area is 111 Å². The molecule has 88 valence electrons. The Morgan fingerprint density at radius 2 is 1.41 bits per heavy atom. The van der Waals surface area contributed by atoms with Gasteiger partial charge < -0.3 is 5.73 Å². The van der Waals surface area contributed by atoms with Crippen molar-refractivity contribution in [3.63, 3.8) is 0 Å². The summed E-state index contributed by atoms with van der Waals surface area (Å²) in [7, 11) is 0. The summed E-state index contributed by atoms with van der Waals surface area (Å²) in [4.78, 5) is 0. The summed E-state index contributed by atoms with van der Waals surface area (Å²) in [5, 5.41) is 0. The van der Waals surface area contributed by atoms with Crippen LogP contribution in [-0.4, -0.2) is 0 Å². The Balaban J connectivity index is 2.23. The van der Waals surface area contributed by atoms with Crippen molar-refractivity contribution in [2.75, 3.05) is 0 Å². The zero-order chi connectivity index (χ0) is 12.3. The quantitative estimate of drug-likeness (QED) is 0.906. The number of benzene rings is 2. The summed E-state index contributed by atoms with van der Waals surface area (Å²) in [5.74, 6) is 0. The molecule has 1 unspecified atom stereocenters. The van der Waals surface area contributed by atoms with Crippen LogP contribution in [0.3, 0.4) is 0 Å². The minimum absolute atomic E-state index is 0.0472. The first-order valence-corrected chi connectivity index (χ1v) is 6.60. The van der Waals surface area contributed by atoms with Crippen LogP contribution in [0.4, 0.5) is 0 Å². The van der Waals surface area contributed by atoms with Gasteiger partial charge >= 0.3 is 0 Å². The van der Waals surface area contributed by atoms with Gasteiger partial charge in [-0.05, 0) is 35.2 Å². The van der Waals surface area contributed by atoms with Crippen LogP contribution >= 0.6 is 15.9 Å². The summed E-state index contributed by atoms with van der Waals surface area (Å²) in [6.07, 6.45) is 1.06. The van der Waals surface area contributed by atoms with Gasteiger partial charge in [0, 0.05) is 4.47 Å². The molecule has 1 nitrogen and oxygen atoms in total. The summed E-state index contributed by atoms with van der Waals surface area (Å²) in [6, 6.07) is 16.6. The van der Waals surface area contributed by atoms with E-state index in [1.165, 1.54) is 5.56 Å². The zero-order valence-electron chi connectivity index (χ0n) is 9.86. The Hall–Kier alpha value is -1.12. The molecule has 0 fully saturated rings. The standard InChI is InChI=1S/C15H16BrN/c1-2-11-3-5-12(6-4-11)15(17)13-7-9-14(16)10-8-13/h3-10,15H,2,17H2,1H3. The second kappa shape index (κ2) is 5.48. The fourth-order valence-corrected chi connectivity index (χ4v) is 2.09. The van der Waals surface area contributed by atoms with E-state index in [1.807, 2.05) is 12.1 Å². The second-order valence-electron chi connectivity index (χ2n) is 4.12. The van der Waals surface area contributed by atoms with Crippen LogP contribution in [0.5, 0.6) is 0 Å². The Kier molecular flexibility index (Phi) is 3.97. The van der Waals surface area contributed by atoms with Gasteiger partial charge in [-0.1, -0.05) is 59.3 Å². The molecule has 0 spiro atoms. The lowest BCUT2D eigenvalue weighted by Crippen LogP contribution is -2.11. The van der Waals surface area contributed by atoms with Crippen molar-refractivity contribution in [3.05, 3.63) is 69.7 Å². The molecule has 0 bridgehead atoms. The Morgan fingerprint density at radius 3 is 1.88 bits per heavy atom. The molecular formula is C15H16BrN. The number of hydrogen-bond acceptors (Lipinski definition) is 1. The SMILES string of the molecule is CCc1ccc(C(N)c2ccc(Br)cc2)cc1. The van der Waals surface area contributed by atoms with E-state index in [4.69, 9.17) is 5.73 Å². The van der Waals surface area contributed by atoms with Crippen LogP contribution < -0.4 is 5.73 Å². The maximum atomic E-state index is 6.24. The third kappa shape index (κ3) is 2.96. The van der Waals surface area contributed by atoms with Gasteiger partial charge in [-0.2, -0.15) is 0 Å². The molecule has 1 atom stereocenters. The number of rotatable bonds is 3. The normalized spacial score (nSPS) is 12.4. The highest BCUT2D eigenvalue weighted by atomic mass is 79.9. The molecule has 0 saturated heterocycles. The van der Waals surface area contributed by atoms with Crippen LogP contribution in [-0.2, 0) is 6.42 Å². The Morgan fingerprint density at radius 1 is 0.941 bits per heavy atom. The first kappa shape index (κ1) is 12.3. The average molecular weight is 290 g/mol. The molecule has 0 aliphatic carbocycles. The van der Waals surface area contributed by atoms with Crippen LogP contribution in [0.25, 0.3) is 0 Å². The summed E-state index contributed by atoms with van der Waals surface area (Å²) in [5.41, 5.74) is 9.88. The molecule has 0 aromatic heterocycles. The molecule has 0 aliphatic heterocycles.